The molecule has 0 saturated carbocycles. The number of fused-ring (bicyclic) bond motifs is 1. The van der Waals surface area contributed by atoms with Crippen LogP contribution in [0.3, 0.4) is 0 Å². The number of nitrogens with one attached hydrogen (secondary N) is 1. The number of aryl methyl sites for hydroxylation is 1. The Balaban J connectivity index is 1.16. The number of carbonyl (C=O) groups excluding carboxylic acids is 1. The average Bonchev–Trinajstić information content (AvgIpc) is 2.92. The van der Waals surface area contributed by atoms with Crippen molar-refractivity contribution in [3.63, 3.8) is 0 Å². The van der Waals surface area contributed by atoms with Crippen molar-refractivity contribution in [3.8, 4) is 0 Å². The Morgan fingerprint density at radius 1 is 0.974 bits per heavy atom. The van der Waals surface area contributed by atoms with Gasteiger partial charge in [-0.15, -0.1) is 0 Å². The first-order chi connectivity index (χ1) is 18.3. The number of nitrogens with zero attached hydrogens (tertiary/aromatic N) is 3. The summed E-state index contributed by atoms with van der Waals surface area (Å²) in [6.07, 6.45) is -2.54. The van der Waals surface area contributed by atoms with Crippen LogP contribution in [0.4, 0.5) is 18.9 Å². The monoisotopic (exact) mass is 536 g/mol. The molecule has 1 N–H and O–H groups in total. The van der Waals surface area contributed by atoms with E-state index in [1.165, 1.54) is 24.1 Å². The molecule has 1 aromatic heterocycles. The lowest BCUT2D eigenvalue weighted by atomic mass is 10.1. The zero-order chi connectivity index (χ0) is 26.7. The van der Waals surface area contributed by atoms with Gasteiger partial charge in [0, 0.05) is 55.6 Å². The molecule has 1 fully saturated rings. The molecule has 38 heavy (non-hydrogen) atoms. The molecule has 196 valence electrons. The summed E-state index contributed by atoms with van der Waals surface area (Å²) in [4.78, 5) is 22.7. The number of amides is 1. The Bertz CT molecular complexity index is 1430. The number of benzene rings is 3. The van der Waals surface area contributed by atoms with Gasteiger partial charge in [-0.05, 0) is 72.5 Å². The lowest BCUT2D eigenvalue weighted by Gasteiger charge is -2.35. The number of para-hydroxylation sites is 1. The van der Waals surface area contributed by atoms with E-state index in [1.807, 2.05) is 60.4 Å². The Morgan fingerprint density at radius 2 is 1.71 bits per heavy atom. The van der Waals surface area contributed by atoms with Gasteiger partial charge >= 0.3 is 6.18 Å². The lowest BCUT2D eigenvalue weighted by molar-refractivity contribution is -0.137. The number of alkyl halides is 3. The fraction of sp³-hybridized carbons (Fsp3) is 0.241. The summed E-state index contributed by atoms with van der Waals surface area (Å²) in [6, 6.07) is 21.0. The number of piperazine rings is 1. The molecule has 1 amide bonds. The molecule has 0 unspecified atom stereocenters. The van der Waals surface area contributed by atoms with Crippen molar-refractivity contribution in [1.29, 1.82) is 0 Å². The van der Waals surface area contributed by atoms with Crippen molar-refractivity contribution in [2.75, 3.05) is 30.9 Å². The van der Waals surface area contributed by atoms with Gasteiger partial charge < -0.3 is 9.62 Å². The topological polar surface area (TPSA) is 48.5 Å². The first-order valence-corrected chi connectivity index (χ1v) is 13.1. The van der Waals surface area contributed by atoms with Crippen molar-refractivity contribution >= 4 is 34.4 Å². The largest absolute Gasteiger partial charge is 0.416 e. The first-order valence-electron chi connectivity index (χ1n) is 12.3. The van der Waals surface area contributed by atoms with E-state index in [0.29, 0.717) is 38.3 Å². The molecular formula is C29H27F3N4OS. The molecule has 5 nitrogen and oxygen atoms in total. The zero-order valence-corrected chi connectivity index (χ0v) is 21.6. The Kier molecular flexibility index (Phi) is 7.58. The fourth-order valence-electron chi connectivity index (χ4n) is 4.53. The van der Waals surface area contributed by atoms with Crippen LogP contribution in [-0.4, -0.2) is 46.9 Å². The third kappa shape index (κ3) is 5.95. The highest BCUT2D eigenvalue weighted by atomic mass is 32.2. The average molecular weight is 537 g/mol. The maximum atomic E-state index is 13.2. The Morgan fingerprint density at radius 3 is 2.42 bits per heavy atom. The number of halogens is 3. The van der Waals surface area contributed by atoms with Crippen LogP contribution in [-0.2, 0) is 12.7 Å². The highest BCUT2D eigenvalue weighted by Gasteiger charge is 2.30. The minimum atomic E-state index is -4.33. The summed E-state index contributed by atoms with van der Waals surface area (Å²) < 4.78 is 41.8. The van der Waals surface area contributed by atoms with Gasteiger partial charge in [-0.3, -0.25) is 14.7 Å². The fourth-order valence-corrected chi connectivity index (χ4v) is 5.39. The maximum Gasteiger partial charge on any atom is 0.416 e. The second kappa shape index (κ2) is 11.0. The molecule has 9 heteroatoms. The summed E-state index contributed by atoms with van der Waals surface area (Å²) >= 11 is 1.49. The molecule has 0 bridgehead atoms. The Labute approximate surface area is 223 Å². The smallest absolute Gasteiger partial charge is 0.336 e. The standard InChI is InChI=1S/C29H27F3N4OS/c1-20-18-23(9-12-25(20)34-38-26-6-2-4-22-5-3-13-33-27(22)26)28(37)36-16-14-35(15-17-36)19-21-7-10-24(11-8-21)29(30,31)32/h2-13,18,34H,14-17,19H2,1H3. The lowest BCUT2D eigenvalue weighted by Crippen LogP contribution is -2.48. The van der Waals surface area contributed by atoms with Crippen molar-refractivity contribution in [2.24, 2.45) is 0 Å². The van der Waals surface area contributed by atoms with Crippen molar-refractivity contribution < 1.29 is 18.0 Å². The first kappa shape index (κ1) is 26.1. The van der Waals surface area contributed by atoms with Crippen LogP contribution < -0.4 is 4.72 Å². The minimum Gasteiger partial charge on any atom is -0.336 e. The molecule has 0 radical (unpaired) electrons. The van der Waals surface area contributed by atoms with Gasteiger partial charge in [-0.2, -0.15) is 13.2 Å². The van der Waals surface area contributed by atoms with Crippen LogP contribution >= 0.6 is 11.9 Å². The molecule has 1 aliphatic rings. The van der Waals surface area contributed by atoms with E-state index in [4.69, 9.17) is 0 Å². The van der Waals surface area contributed by atoms with Crippen LogP contribution in [0.25, 0.3) is 10.9 Å². The predicted molar refractivity (Wildman–Crippen MR) is 145 cm³/mol. The number of hydrogen-bond donors (Lipinski definition) is 1. The molecule has 3 aromatic carbocycles. The highest BCUT2D eigenvalue weighted by Crippen LogP contribution is 2.30. The van der Waals surface area contributed by atoms with E-state index in [9.17, 15) is 18.0 Å². The Hall–Kier alpha value is -3.56. The van der Waals surface area contributed by atoms with Crippen LogP contribution in [0, 0.1) is 6.92 Å². The van der Waals surface area contributed by atoms with Gasteiger partial charge in [0.2, 0.25) is 0 Å². The third-order valence-corrected chi connectivity index (χ3v) is 7.56. The van der Waals surface area contributed by atoms with E-state index in [1.54, 1.807) is 6.20 Å². The van der Waals surface area contributed by atoms with E-state index < -0.39 is 11.7 Å². The summed E-state index contributed by atoms with van der Waals surface area (Å²) in [5.41, 5.74) is 3.67. The SMILES string of the molecule is Cc1cc(C(=O)N2CCN(Cc3ccc(C(F)(F)F)cc3)CC2)ccc1NSc1cccc2cccnc12. The maximum absolute atomic E-state index is 13.2. The molecule has 5 rings (SSSR count). The summed E-state index contributed by atoms with van der Waals surface area (Å²) in [7, 11) is 0. The summed E-state index contributed by atoms with van der Waals surface area (Å²) in [5.74, 6) is -0.0141. The van der Waals surface area contributed by atoms with E-state index in [2.05, 4.69) is 14.6 Å². The molecule has 1 aliphatic heterocycles. The molecule has 0 spiro atoms. The molecule has 1 saturated heterocycles. The number of aromatic nitrogens is 1. The van der Waals surface area contributed by atoms with Gasteiger partial charge in [-0.1, -0.05) is 30.3 Å². The number of anilines is 1. The normalized spacial score (nSPS) is 14.6. The molecule has 4 aromatic rings. The van der Waals surface area contributed by atoms with Crippen molar-refractivity contribution in [2.45, 2.75) is 24.5 Å². The molecule has 2 heterocycles. The van der Waals surface area contributed by atoms with E-state index in [0.717, 1.165) is 44.7 Å². The van der Waals surface area contributed by atoms with Crippen molar-refractivity contribution in [3.05, 3.63) is 101 Å². The number of pyridine rings is 1. The zero-order valence-electron chi connectivity index (χ0n) is 20.8. The van der Waals surface area contributed by atoms with E-state index in [-0.39, 0.29) is 5.91 Å². The predicted octanol–water partition coefficient (Wildman–Crippen LogP) is 6.64. The number of rotatable bonds is 6. The van der Waals surface area contributed by atoms with Crippen LogP contribution in [0.15, 0.2) is 83.9 Å². The van der Waals surface area contributed by atoms with E-state index >= 15 is 0 Å². The third-order valence-electron chi connectivity index (χ3n) is 6.69. The van der Waals surface area contributed by atoms with Crippen LogP contribution in [0.2, 0.25) is 0 Å². The van der Waals surface area contributed by atoms with Gasteiger partial charge in [0.1, 0.15) is 0 Å². The van der Waals surface area contributed by atoms with Crippen molar-refractivity contribution in [1.82, 2.24) is 14.8 Å². The molecule has 0 atom stereocenters. The molecule has 0 aliphatic carbocycles. The van der Waals surface area contributed by atoms with Crippen LogP contribution in [0.5, 0.6) is 0 Å². The molecular weight excluding hydrogens is 509 g/mol. The summed E-state index contributed by atoms with van der Waals surface area (Å²) in [5, 5.41) is 1.08. The number of hydrogen-bond acceptors (Lipinski definition) is 5. The minimum absolute atomic E-state index is 0.0141. The second-order valence-corrected chi connectivity index (χ2v) is 10.2. The quantitative estimate of drug-likeness (QED) is 0.280. The highest BCUT2D eigenvalue weighted by molar-refractivity contribution is 8.00. The van der Waals surface area contributed by atoms with Gasteiger partial charge in [0.05, 0.1) is 16.0 Å². The van der Waals surface area contributed by atoms with Crippen LogP contribution in [0.1, 0.15) is 27.0 Å². The number of carbonyl (C=O) groups is 1. The second-order valence-electron chi connectivity index (χ2n) is 9.33. The van der Waals surface area contributed by atoms with Gasteiger partial charge in [-0.25, -0.2) is 0 Å². The van der Waals surface area contributed by atoms with Gasteiger partial charge in [0.25, 0.3) is 5.91 Å². The van der Waals surface area contributed by atoms with Gasteiger partial charge in [0.15, 0.2) is 0 Å². The summed E-state index contributed by atoms with van der Waals surface area (Å²) in [6.45, 7) is 5.01.